The third-order valence-electron chi connectivity index (χ3n) is 10.7. The van der Waals surface area contributed by atoms with Crippen LogP contribution in [0, 0.1) is 23.7 Å². The molecule has 4 saturated carbocycles. The number of nitrogens with zero attached hydrogens (tertiary/aromatic N) is 3. The number of aromatic nitrogens is 2. The highest BCUT2D eigenvalue weighted by Gasteiger charge is 2.56. The number of nitrogens with one attached hydrogen (secondary N) is 1. The quantitative estimate of drug-likeness (QED) is 0.254. The monoisotopic (exact) mass is 628 g/mol. The lowest BCUT2D eigenvalue weighted by Gasteiger charge is -2.59. The molecule has 2 aromatic heterocycles. The number of carbonyl (C=O) groups is 2. The van der Waals surface area contributed by atoms with Gasteiger partial charge >= 0.3 is 6.09 Å². The fraction of sp³-hybridized carbons (Fsp3) is 0.457. The standard InChI is InChI=1S/C35H40N4O5S/c1-35(33(40)36-13-12-22-8-4-3-5-9-22,38(34(41)42)32-25-15-23-14-24(17-25)18-26(32)16-23)20-27-19-29-28-10-6-7-11-30(28)39(45(2,43)44)31(29)21-37-27/h3-11,19,21,23-26,32H,12-18,20H2,1-2H3,(H,36,40)(H,41,42). The van der Waals surface area contributed by atoms with E-state index in [4.69, 9.17) is 0 Å². The predicted molar refractivity (Wildman–Crippen MR) is 173 cm³/mol. The maximum atomic E-state index is 14.3. The summed E-state index contributed by atoms with van der Waals surface area (Å²) in [5.74, 6) is 1.47. The molecule has 0 saturated heterocycles. The van der Waals surface area contributed by atoms with Gasteiger partial charge in [0.15, 0.2) is 0 Å². The summed E-state index contributed by atoms with van der Waals surface area (Å²) < 4.78 is 26.9. The van der Waals surface area contributed by atoms with E-state index in [1.807, 2.05) is 48.5 Å². The highest BCUT2D eigenvalue weighted by atomic mass is 32.2. The molecule has 0 aliphatic heterocycles. The third kappa shape index (κ3) is 5.26. The molecule has 10 heteroatoms. The SMILES string of the molecule is CC(Cc1cc2c3ccccc3n(S(C)(=O)=O)c2cn1)(C(=O)NCCc1ccccc1)N(C(=O)O)C1C2CC3CC(C2)CC1C3. The average Bonchev–Trinajstić information content (AvgIpc) is 3.33. The summed E-state index contributed by atoms with van der Waals surface area (Å²) in [7, 11) is -3.63. The molecule has 4 fully saturated rings. The Morgan fingerprint density at radius 2 is 1.60 bits per heavy atom. The molecule has 0 radical (unpaired) electrons. The predicted octanol–water partition coefficient (Wildman–Crippen LogP) is 5.46. The third-order valence-corrected chi connectivity index (χ3v) is 11.7. The van der Waals surface area contributed by atoms with Crippen molar-refractivity contribution >= 4 is 43.8 Å². The van der Waals surface area contributed by atoms with Gasteiger partial charge in [-0.2, -0.15) is 0 Å². The van der Waals surface area contributed by atoms with Crippen molar-refractivity contribution in [1.29, 1.82) is 0 Å². The first-order chi connectivity index (χ1) is 21.5. The summed E-state index contributed by atoms with van der Waals surface area (Å²) in [6, 6.07) is 18.8. The highest BCUT2D eigenvalue weighted by molar-refractivity contribution is 7.89. The van der Waals surface area contributed by atoms with Crippen molar-refractivity contribution in [2.24, 2.45) is 23.7 Å². The van der Waals surface area contributed by atoms with E-state index in [1.165, 1.54) is 27.7 Å². The highest BCUT2D eigenvalue weighted by Crippen LogP contribution is 2.56. The molecule has 4 bridgehead atoms. The van der Waals surface area contributed by atoms with Crippen LogP contribution in [-0.4, -0.2) is 63.8 Å². The summed E-state index contributed by atoms with van der Waals surface area (Å²) in [5, 5.41) is 15.4. The van der Waals surface area contributed by atoms with Gasteiger partial charge in [-0.15, -0.1) is 0 Å². The van der Waals surface area contributed by atoms with Crippen LogP contribution in [0.3, 0.4) is 0 Å². The van der Waals surface area contributed by atoms with Crippen molar-refractivity contribution in [3.63, 3.8) is 0 Å². The van der Waals surface area contributed by atoms with Crippen LogP contribution in [0.4, 0.5) is 4.79 Å². The van der Waals surface area contributed by atoms with E-state index in [-0.39, 0.29) is 30.2 Å². The van der Waals surface area contributed by atoms with Gasteiger partial charge in [0.25, 0.3) is 0 Å². The Hall–Kier alpha value is -3.92. The van der Waals surface area contributed by atoms with E-state index in [9.17, 15) is 23.1 Å². The number of hydrogen-bond acceptors (Lipinski definition) is 5. The van der Waals surface area contributed by atoms with Crippen molar-refractivity contribution in [3.8, 4) is 0 Å². The summed E-state index contributed by atoms with van der Waals surface area (Å²) in [6.45, 7) is 2.12. The van der Waals surface area contributed by atoms with Gasteiger partial charge in [-0.05, 0) is 86.8 Å². The van der Waals surface area contributed by atoms with Crippen molar-refractivity contribution in [3.05, 3.63) is 78.1 Å². The minimum Gasteiger partial charge on any atom is -0.465 e. The number of carboxylic acid groups (broad SMARTS) is 1. The number of para-hydroxylation sites is 1. The second kappa shape index (κ2) is 11.2. The molecule has 2 N–H and O–H groups in total. The summed E-state index contributed by atoms with van der Waals surface area (Å²) in [6.07, 6.45) is 7.62. The van der Waals surface area contributed by atoms with E-state index in [2.05, 4.69) is 10.3 Å². The van der Waals surface area contributed by atoms with Crippen molar-refractivity contribution in [2.45, 2.75) is 63.5 Å². The smallest absolute Gasteiger partial charge is 0.408 e. The molecule has 4 aromatic rings. The van der Waals surface area contributed by atoms with Gasteiger partial charge in [-0.1, -0.05) is 48.5 Å². The van der Waals surface area contributed by atoms with Gasteiger partial charge in [0.1, 0.15) is 5.54 Å². The van der Waals surface area contributed by atoms with E-state index < -0.39 is 21.7 Å². The van der Waals surface area contributed by atoms with E-state index in [0.29, 0.717) is 46.9 Å². The maximum absolute atomic E-state index is 14.3. The summed E-state index contributed by atoms with van der Waals surface area (Å²) in [5.41, 5.74) is 1.20. The van der Waals surface area contributed by atoms with Gasteiger partial charge in [-0.3, -0.25) is 14.7 Å². The van der Waals surface area contributed by atoms with Crippen LogP contribution in [0.25, 0.3) is 21.8 Å². The molecule has 2 aromatic carbocycles. The zero-order valence-electron chi connectivity index (χ0n) is 25.7. The fourth-order valence-electron chi connectivity index (χ4n) is 9.10. The number of pyridine rings is 1. The van der Waals surface area contributed by atoms with Crippen LogP contribution in [-0.2, 0) is 27.7 Å². The Morgan fingerprint density at radius 1 is 0.956 bits per heavy atom. The molecule has 0 spiro atoms. The topological polar surface area (TPSA) is 122 Å². The summed E-state index contributed by atoms with van der Waals surface area (Å²) >= 11 is 0. The van der Waals surface area contributed by atoms with Crippen LogP contribution in [0.5, 0.6) is 0 Å². The van der Waals surface area contributed by atoms with Crippen LogP contribution < -0.4 is 5.32 Å². The average molecular weight is 629 g/mol. The zero-order valence-corrected chi connectivity index (χ0v) is 26.5. The first-order valence-electron chi connectivity index (χ1n) is 16.0. The van der Waals surface area contributed by atoms with Gasteiger partial charge in [0.05, 0.1) is 23.5 Å². The first kappa shape index (κ1) is 29.8. The zero-order chi connectivity index (χ0) is 31.5. The van der Waals surface area contributed by atoms with Gasteiger partial charge in [-0.25, -0.2) is 17.2 Å². The van der Waals surface area contributed by atoms with E-state index in [1.54, 1.807) is 19.1 Å². The molecule has 1 atom stereocenters. The van der Waals surface area contributed by atoms with Crippen LogP contribution in [0.15, 0.2) is 66.9 Å². The lowest BCUT2D eigenvalue weighted by Crippen LogP contribution is -2.68. The van der Waals surface area contributed by atoms with Crippen molar-refractivity contribution in [2.75, 3.05) is 12.8 Å². The Bertz CT molecular complexity index is 1860. The van der Waals surface area contributed by atoms with Crippen molar-refractivity contribution < 1.29 is 23.1 Å². The molecule has 45 heavy (non-hydrogen) atoms. The number of fused-ring (bicyclic) bond motifs is 3. The molecule has 2 amide bonds. The minimum atomic E-state index is -3.63. The molecular weight excluding hydrogens is 588 g/mol. The number of amides is 2. The fourth-order valence-corrected chi connectivity index (χ4v) is 10.1. The van der Waals surface area contributed by atoms with Gasteiger partial charge < -0.3 is 10.4 Å². The van der Waals surface area contributed by atoms with E-state index >= 15 is 0 Å². The Balaban J connectivity index is 1.28. The number of carbonyl (C=O) groups excluding carboxylic acids is 1. The molecule has 236 valence electrons. The lowest BCUT2D eigenvalue weighted by atomic mass is 9.53. The Labute approximate surface area is 263 Å². The Morgan fingerprint density at radius 3 is 2.24 bits per heavy atom. The minimum absolute atomic E-state index is 0.0631. The molecule has 9 nitrogen and oxygen atoms in total. The lowest BCUT2D eigenvalue weighted by molar-refractivity contribution is -0.140. The molecular formula is C35H40N4O5S. The first-order valence-corrected chi connectivity index (χ1v) is 17.8. The molecule has 1 unspecified atom stereocenters. The number of hydrogen-bond donors (Lipinski definition) is 2. The maximum Gasteiger partial charge on any atom is 0.408 e. The largest absolute Gasteiger partial charge is 0.465 e. The van der Waals surface area contributed by atoms with Crippen molar-refractivity contribution in [1.82, 2.24) is 19.2 Å². The van der Waals surface area contributed by atoms with Gasteiger partial charge in [0.2, 0.25) is 15.9 Å². The molecule has 2 heterocycles. The number of rotatable bonds is 9. The molecule has 8 rings (SSSR count). The van der Waals surface area contributed by atoms with E-state index in [0.717, 1.165) is 36.6 Å². The summed E-state index contributed by atoms with van der Waals surface area (Å²) in [4.78, 5) is 33.8. The second-order valence-electron chi connectivity index (χ2n) is 13.8. The normalized spacial score (nSPS) is 25.3. The van der Waals surface area contributed by atoms with Crippen LogP contribution in [0.2, 0.25) is 0 Å². The van der Waals surface area contributed by atoms with Crippen LogP contribution in [0.1, 0.15) is 50.3 Å². The molecule has 4 aliphatic rings. The second-order valence-corrected chi connectivity index (χ2v) is 15.6. The molecule has 4 aliphatic carbocycles. The number of benzene rings is 2. The Kier molecular flexibility index (Phi) is 7.38. The van der Waals surface area contributed by atoms with Gasteiger partial charge in [0, 0.05) is 35.5 Å². The van der Waals surface area contributed by atoms with Crippen LogP contribution >= 0.6 is 0 Å².